The van der Waals surface area contributed by atoms with Crippen LogP contribution in [0.15, 0.2) is 24.3 Å². The Hall–Kier alpha value is -2.46. The van der Waals surface area contributed by atoms with E-state index in [0.29, 0.717) is 25.7 Å². The van der Waals surface area contributed by atoms with Crippen molar-refractivity contribution >= 4 is 39.5 Å². The van der Waals surface area contributed by atoms with Gasteiger partial charge >= 0.3 is 39.5 Å². The molecule has 3 unspecified atom stereocenters. The van der Waals surface area contributed by atoms with Gasteiger partial charge in [-0.1, -0.05) is 323 Å². The van der Waals surface area contributed by atoms with Crippen molar-refractivity contribution in [3.05, 3.63) is 24.3 Å². The highest BCUT2D eigenvalue weighted by Gasteiger charge is 2.30. The van der Waals surface area contributed by atoms with Crippen LogP contribution in [0.25, 0.3) is 0 Å². The second kappa shape index (κ2) is 68.3. The number of hydrogen-bond donors (Lipinski definition) is 3. The molecule has 17 nitrogen and oxygen atoms in total. The maximum Gasteiger partial charge on any atom is 0.472 e. The molecule has 0 aliphatic heterocycles. The van der Waals surface area contributed by atoms with Crippen LogP contribution in [0.1, 0.15) is 375 Å². The standard InChI is InChI=1S/C77H146O17P2/c1-7-10-12-14-16-18-20-22-24-29-32-36-40-47-53-59-74(79)87-65-72(93-76(81)62-56-50-42-38-34-30-26-25-27-31-35-39-45-51-57-69(4)5)67-91-95(83,84)89-63-71(78)64-90-96(85,86)92-68-73(66-88-75(80)60-54-48-44-43-46-52-58-70(6)9-3)94-77(82)61-55-49-41-37-33-28-23-21-19-17-15-13-11-8-2/h18,20,22,24,69-73,78H,7-17,19,21,23,25-68H2,1-6H3,(H,83,84)(H,85,86)/b20-18-,24-22-/t70?,71-,72-,73-/m1/s1. The van der Waals surface area contributed by atoms with Crippen LogP contribution in [-0.2, 0) is 65.4 Å². The number of ether oxygens (including phenoxy) is 4. The van der Waals surface area contributed by atoms with Crippen LogP contribution in [0, 0.1) is 11.8 Å². The number of aliphatic hydroxyl groups excluding tert-OH is 1. The fourth-order valence-corrected chi connectivity index (χ4v) is 12.8. The van der Waals surface area contributed by atoms with Crippen LogP contribution in [0.2, 0.25) is 0 Å². The molecule has 0 aromatic heterocycles. The van der Waals surface area contributed by atoms with Gasteiger partial charge in [-0.05, 0) is 63.2 Å². The van der Waals surface area contributed by atoms with Crippen LogP contribution in [0.5, 0.6) is 0 Å². The van der Waals surface area contributed by atoms with Gasteiger partial charge in [0.05, 0.1) is 26.4 Å². The van der Waals surface area contributed by atoms with Crippen LogP contribution in [-0.4, -0.2) is 96.7 Å². The number of phosphoric ester groups is 2. The molecular weight excluding hydrogens is 1260 g/mol. The molecule has 0 amide bonds. The number of aliphatic hydroxyl groups is 1. The summed E-state index contributed by atoms with van der Waals surface area (Å²) >= 11 is 0. The maximum absolute atomic E-state index is 13.1. The van der Waals surface area contributed by atoms with E-state index in [4.69, 9.17) is 37.0 Å². The summed E-state index contributed by atoms with van der Waals surface area (Å²) < 4.78 is 68.5. The summed E-state index contributed by atoms with van der Waals surface area (Å²) in [5.41, 5.74) is 0. The largest absolute Gasteiger partial charge is 0.472 e. The molecule has 0 heterocycles. The molecule has 0 aliphatic rings. The topological polar surface area (TPSA) is 237 Å². The molecule has 3 N–H and O–H groups in total. The average molecular weight is 1410 g/mol. The molecule has 0 aromatic rings. The summed E-state index contributed by atoms with van der Waals surface area (Å²) in [6.07, 6.45) is 59.0. The molecule has 19 heteroatoms. The summed E-state index contributed by atoms with van der Waals surface area (Å²) in [5, 5.41) is 10.6. The number of hydrogen-bond acceptors (Lipinski definition) is 15. The highest BCUT2D eigenvalue weighted by atomic mass is 31.2. The van der Waals surface area contributed by atoms with Gasteiger partial charge in [0.15, 0.2) is 12.2 Å². The van der Waals surface area contributed by atoms with Crippen molar-refractivity contribution in [2.24, 2.45) is 11.8 Å². The van der Waals surface area contributed by atoms with E-state index in [9.17, 15) is 43.2 Å². The number of esters is 4. The zero-order valence-electron chi connectivity index (χ0n) is 62.2. The second-order valence-corrected chi connectivity index (χ2v) is 30.7. The van der Waals surface area contributed by atoms with Crippen LogP contribution < -0.4 is 0 Å². The van der Waals surface area contributed by atoms with Crippen molar-refractivity contribution in [3.63, 3.8) is 0 Å². The molecule has 6 atom stereocenters. The van der Waals surface area contributed by atoms with Gasteiger partial charge in [0, 0.05) is 25.7 Å². The first-order valence-corrected chi connectivity index (χ1v) is 42.3. The van der Waals surface area contributed by atoms with Crippen LogP contribution in [0.4, 0.5) is 0 Å². The van der Waals surface area contributed by atoms with E-state index in [1.54, 1.807) is 0 Å². The summed E-state index contributed by atoms with van der Waals surface area (Å²) in [5.74, 6) is -0.622. The molecule has 566 valence electrons. The zero-order valence-corrected chi connectivity index (χ0v) is 63.9. The van der Waals surface area contributed by atoms with E-state index in [0.717, 1.165) is 127 Å². The highest BCUT2D eigenvalue weighted by molar-refractivity contribution is 7.47. The van der Waals surface area contributed by atoms with E-state index in [1.165, 1.54) is 167 Å². The Morgan fingerprint density at radius 2 is 0.615 bits per heavy atom. The molecule has 0 saturated carbocycles. The highest BCUT2D eigenvalue weighted by Crippen LogP contribution is 2.45. The Morgan fingerprint density at radius 3 is 0.938 bits per heavy atom. The monoisotopic (exact) mass is 1410 g/mol. The van der Waals surface area contributed by atoms with E-state index >= 15 is 0 Å². The van der Waals surface area contributed by atoms with Gasteiger partial charge in [0.2, 0.25) is 0 Å². The summed E-state index contributed by atoms with van der Waals surface area (Å²) in [7, 11) is -9.92. The van der Waals surface area contributed by atoms with Gasteiger partial charge in [-0.2, -0.15) is 0 Å². The maximum atomic E-state index is 13.1. The number of phosphoric acid groups is 2. The predicted molar refractivity (Wildman–Crippen MR) is 391 cm³/mol. The number of carbonyl (C=O) groups excluding carboxylic acids is 4. The fourth-order valence-electron chi connectivity index (χ4n) is 11.3. The lowest BCUT2D eigenvalue weighted by Crippen LogP contribution is -2.30. The van der Waals surface area contributed by atoms with Crippen molar-refractivity contribution in [1.82, 2.24) is 0 Å². The summed E-state index contributed by atoms with van der Waals surface area (Å²) in [4.78, 5) is 72.8. The molecule has 0 radical (unpaired) electrons. The molecule has 0 rings (SSSR count). The normalized spacial score (nSPS) is 14.4. The van der Waals surface area contributed by atoms with Crippen molar-refractivity contribution in [1.29, 1.82) is 0 Å². The van der Waals surface area contributed by atoms with E-state index in [2.05, 4.69) is 65.8 Å². The van der Waals surface area contributed by atoms with Crippen molar-refractivity contribution in [2.75, 3.05) is 39.6 Å². The predicted octanol–water partition coefficient (Wildman–Crippen LogP) is 22.3. The number of rotatable bonds is 74. The van der Waals surface area contributed by atoms with Crippen molar-refractivity contribution < 1.29 is 80.2 Å². The Bertz CT molecular complexity index is 1950. The molecule has 0 aliphatic carbocycles. The molecule has 0 bridgehead atoms. The Morgan fingerprint density at radius 1 is 0.344 bits per heavy atom. The smallest absolute Gasteiger partial charge is 0.462 e. The van der Waals surface area contributed by atoms with Gasteiger partial charge in [-0.15, -0.1) is 0 Å². The minimum atomic E-state index is -4.97. The lowest BCUT2D eigenvalue weighted by molar-refractivity contribution is -0.161. The van der Waals surface area contributed by atoms with Crippen molar-refractivity contribution in [3.8, 4) is 0 Å². The molecule has 0 aromatic carbocycles. The van der Waals surface area contributed by atoms with Crippen LogP contribution in [0.3, 0.4) is 0 Å². The van der Waals surface area contributed by atoms with E-state index < -0.39 is 97.5 Å². The zero-order chi connectivity index (χ0) is 70.7. The van der Waals surface area contributed by atoms with Crippen molar-refractivity contribution in [2.45, 2.75) is 394 Å². The van der Waals surface area contributed by atoms with Crippen LogP contribution >= 0.6 is 15.6 Å². The number of unbranched alkanes of at least 4 members (excludes halogenated alkanes) is 40. The molecule has 0 fully saturated rings. The second-order valence-electron chi connectivity index (χ2n) is 27.8. The lowest BCUT2D eigenvalue weighted by atomic mass is 10.00. The quantitative estimate of drug-likeness (QED) is 0.0169. The average Bonchev–Trinajstić information content (AvgIpc) is 1.18. The molecule has 0 spiro atoms. The van der Waals surface area contributed by atoms with Gasteiger partial charge < -0.3 is 33.8 Å². The third-order valence-electron chi connectivity index (χ3n) is 17.7. The molecule has 96 heavy (non-hydrogen) atoms. The third kappa shape index (κ3) is 68.7. The first kappa shape index (κ1) is 93.5. The Kier molecular flexibility index (Phi) is 66.6. The Labute approximate surface area is 586 Å². The van der Waals surface area contributed by atoms with Gasteiger partial charge in [-0.25, -0.2) is 9.13 Å². The summed E-state index contributed by atoms with van der Waals surface area (Å²) in [6.45, 7) is 9.52. The number of carbonyl (C=O) groups is 4. The van der Waals surface area contributed by atoms with Gasteiger partial charge in [0.25, 0.3) is 0 Å². The van der Waals surface area contributed by atoms with E-state index in [1.807, 2.05) is 0 Å². The minimum absolute atomic E-state index is 0.101. The lowest BCUT2D eigenvalue weighted by Gasteiger charge is -2.21. The SMILES string of the molecule is CCCCCC/C=C\C=C/CCCCCCCC(=O)OC[C@H](COP(=O)(O)OC[C@@H](O)COP(=O)(O)OC[C@@H](COC(=O)CCCCCCCCC(C)CC)OC(=O)CCCCCCCCCCCCCCCC)OC(=O)CCCCCCCCCCCCCCCCC(C)C. The molecule has 0 saturated heterocycles. The van der Waals surface area contributed by atoms with E-state index in [-0.39, 0.29) is 25.7 Å². The fraction of sp³-hybridized carbons (Fsp3) is 0.896. The first-order chi connectivity index (χ1) is 46.4. The third-order valence-corrected chi connectivity index (χ3v) is 19.6. The first-order valence-electron chi connectivity index (χ1n) is 39.3. The Balaban J connectivity index is 5.29. The van der Waals surface area contributed by atoms with Gasteiger partial charge in [-0.3, -0.25) is 37.3 Å². The number of allylic oxidation sites excluding steroid dienone is 4. The minimum Gasteiger partial charge on any atom is -0.462 e. The summed E-state index contributed by atoms with van der Waals surface area (Å²) in [6, 6.07) is 0. The molecular formula is C77H146O17P2. The van der Waals surface area contributed by atoms with Gasteiger partial charge in [0.1, 0.15) is 19.3 Å².